The summed E-state index contributed by atoms with van der Waals surface area (Å²) >= 11 is 6.16. The Hall–Kier alpha value is -2.77. The van der Waals surface area contributed by atoms with Crippen molar-refractivity contribution >= 4 is 23.4 Å². The molecule has 2 aromatic rings. The second-order valence-corrected chi connectivity index (χ2v) is 9.68. The van der Waals surface area contributed by atoms with Crippen LogP contribution in [0.5, 0.6) is 11.5 Å². The fourth-order valence-electron chi connectivity index (χ4n) is 4.71. The number of piperidine rings is 1. The topological polar surface area (TPSA) is 68.3 Å². The van der Waals surface area contributed by atoms with Gasteiger partial charge in [0.05, 0.1) is 32.2 Å². The molecular weight excluding hydrogens is 468 g/mol. The summed E-state index contributed by atoms with van der Waals surface area (Å²) < 4.78 is 17.8. The minimum absolute atomic E-state index is 0.0344. The van der Waals surface area contributed by atoms with Gasteiger partial charge in [-0.1, -0.05) is 23.7 Å². The van der Waals surface area contributed by atoms with Crippen molar-refractivity contribution in [1.29, 1.82) is 0 Å². The Morgan fingerprint density at radius 3 is 2.57 bits per heavy atom. The van der Waals surface area contributed by atoms with Gasteiger partial charge in [0.15, 0.2) is 0 Å². The smallest absolute Gasteiger partial charge is 0.257 e. The second-order valence-electron chi connectivity index (χ2n) is 9.28. The molecule has 2 aromatic carbocycles. The van der Waals surface area contributed by atoms with Crippen LogP contribution in [0.4, 0.5) is 0 Å². The van der Waals surface area contributed by atoms with Gasteiger partial charge in [0.1, 0.15) is 23.7 Å². The van der Waals surface area contributed by atoms with Gasteiger partial charge in [0.25, 0.3) is 5.91 Å². The molecule has 2 fully saturated rings. The molecule has 188 valence electrons. The highest BCUT2D eigenvalue weighted by Gasteiger charge is 2.43. The molecule has 7 nitrogen and oxygen atoms in total. The summed E-state index contributed by atoms with van der Waals surface area (Å²) in [6, 6.07) is 12.6. The lowest BCUT2D eigenvalue weighted by Gasteiger charge is -2.43. The molecular formula is C27H33ClN2O5. The lowest BCUT2D eigenvalue weighted by atomic mass is 9.95. The lowest BCUT2D eigenvalue weighted by Crippen LogP contribution is -2.58. The van der Waals surface area contributed by atoms with Crippen LogP contribution in [0.2, 0.25) is 5.02 Å². The van der Waals surface area contributed by atoms with E-state index in [1.54, 1.807) is 36.3 Å². The molecule has 8 heteroatoms. The van der Waals surface area contributed by atoms with E-state index >= 15 is 0 Å². The summed E-state index contributed by atoms with van der Waals surface area (Å²) in [4.78, 5) is 30.4. The maximum atomic E-state index is 13.5. The Balaban J connectivity index is 1.56. The van der Waals surface area contributed by atoms with E-state index < -0.39 is 5.60 Å². The third kappa shape index (κ3) is 6.08. The van der Waals surface area contributed by atoms with Crippen molar-refractivity contribution in [2.45, 2.75) is 38.2 Å². The highest BCUT2D eigenvalue weighted by atomic mass is 35.5. The third-order valence-electron chi connectivity index (χ3n) is 6.69. The predicted molar refractivity (Wildman–Crippen MR) is 134 cm³/mol. The molecule has 2 aliphatic rings. The number of benzene rings is 2. The highest BCUT2D eigenvalue weighted by molar-refractivity contribution is 6.31. The first-order valence-corrected chi connectivity index (χ1v) is 12.5. The normalized spacial score (nSPS) is 20.4. The van der Waals surface area contributed by atoms with Crippen LogP contribution in [0.25, 0.3) is 0 Å². The van der Waals surface area contributed by atoms with Gasteiger partial charge in [0, 0.05) is 24.7 Å². The number of likely N-dealkylation sites (tertiary alicyclic amines) is 1. The zero-order valence-electron chi connectivity index (χ0n) is 20.4. The maximum absolute atomic E-state index is 13.5. The summed E-state index contributed by atoms with van der Waals surface area (Å²) in [5.74, 6) is 1.05. The molecule has 2 amide bonds. The number of hydrogen-bond acceptors (Lipinski definition) is 5. The Morgan fingerprint density at radius 2 is 1.83 bits per heavy atom. The van der Waals surface area contributed by atoms with E-state index in [9.17, 15) is 9.59 Å². The van der Waals surface area contributed by atoms with Crippen LogP contribution >= 0.6 is 11.6 Å². The monoisotopic (exact) mass is 500 g/mol. The standard InChI is InChI=1S/C27H33ClN2O5/c1-20-16-21(10-11-23(20)28)34-19-27(17-25(31)29-12-6-3-7-13-29)18-30(14-15-35-27)26(32)22-8-4-5-9-24(22)33-2/h4-5,8-11,16H,3,6-7,12-15,17-19H2,1-2H3/t27-/m1/s1. The average molecular weight is 501 g/mol. The number of hydrogen-bond donors (Lipinski definition) is 0. The van der Waals surface area contributed by atoms with Crippen molar-refractivity contribution in [2.75, 3.05) is 46.5 Å². The first-order chi connectivity index (χ1) is 16.9. The average Bonchev–Trinajstić information content (AvgIpc) is 2.89. The first-order valence-electron chi connectivity index (χ1n) is 12.1. The Labute approximate surface area is 211 Å². The summed E-state index contributed by atoms with van der Waals surface area (Å²) in [6.07, 6.45) is 3.32. The number of methoxy groups -OCH3 is 1. The number of carbonyl (C=O) groups is 2. The number of morpholine rings is 1. The lowest BCUT2D eigenvalue weighted by molar-refractivity contribution is -0.153. The second kappa shape index (κ2) is 11.3. The number of rotatable bonds is 7. The van der Waals surface area contributed by atoms with Gasteiger partial charge in [-0.05, 0) is 62.1 Å². The zero-order valence-corrected chi connectivity index (χ0v) is 21.2. The maximum Gasteiger partial charge on any atom is 0.257 e. The minimum Gasteiger partial charge on any atom is -0.496 e. The fourth-order valence-corrected chi connectivity index (χ4v) is 4.83. The van der Waals surface area contributed by atoms with Gasteiger partial charge in [0.2, 0.25) is 5.91 Å². The zero-order chi connectivity index (χ0) is 24.8. The van der Waals surface area contributed by atoms with Crippen LogP contribution in [0.15, 0.2) is 42.5 Å². The molecule has 0 saturated carbocycles. The number of aryl methyl sites for hydroxylation is 1. The summed E-state index contributed by atoms with van der Waals surface area (Å²) in [5, 5.41) is 0.662. The highest BCUT2D eigenvalue weighted by Crippen LogP contribution is 2.29. The quantitative estimate of drug-likeness (QED) is 0.565. The van der Waals surface area contributed by atoms with Crippen LogP contribution in [-0.4, -0.2) is 73.7 Å². The molecule has 0 spiro atoms. The van der Waals surface area contributed by atoms with E-state index in [0.717, 1.165) is 37.9 Å². The number of halogens is 1. The molecule has 0 aromatic heterocycles. The first kappa shape index (κ1) is 25.3. The van der Waals surface area contributed by atoms with Gasteiger partial charge < -0.3 is 24.0 Å². The van der Waals surface area contributed by atoms with Crippen molar-refractivity contribution in [3.63, 3.8) is 0 Å². The molecule has 35 heavy (non-hydrogen) atoms. The van der Waals surface area contributed by atoms with E-state index in [-0.39, 0.29) is 31.4 Å². The van der Waals surface area contributed by atoms with Gasteiger partial charge in [-0.15, -0.1) is 0 Å². The molecule has 1 atom stereocenters. The minimum atomic E-state index is -0.960. The Bertz CT molecular complexity index is 1060. The van der Waals surface area contributed by atoms with E-state index in [2.05, 4.69) is 0 Å². The molecule has 0 bridgehead atoms. The SMILES string of the molecule is COc1ccccc1C(=O)N1CCO[C@](COc2ccc(Cl)c(C)c2)(CC(=O)N2CCCCC2)C1. The van der Waals surface area contributed by atoms with Gasteiger partial charge >= 0.3 is 0 Å². The van der Waals surface area contributed by atoms with Gasteiger partial charge in [-0.25, -0.2) is 0 Å². The van der Waals surface area contributed by atoms with Gasteiger partial charge in [-0.2, -0.15) is 0 Å². The van der Waals surface area contributed by atoms with Crippen molar-refractivity contribution < 1.29 is 23.8 Å². The van der Waals surface area contributed by atoms with Crippen LogP contribution in [-0.2, 0) is 9.53 Å². The van der Waals surface area contributed by atoms with Crippen molar-refractivity contribution in [3.8, 4) is 11.5 Å². The van der Waals surface area contributed by atoms with E-state index in [4.69, 9.17) is 25.8 Å². The summed E-state index contributed by atoms with van der Waals surface area (Å²) in [7, 11) is 1.55. The summed E-state index contributed by atoms with van der Waals surface area (Å²) in [5.41, 5.74) is 0.431. The molecule has 2 saturated heterocycles. The number of nitrogens with zero attached hydrogens (tertiary/aromatic N) is 2. The molecule has 2 aliphatic heterocycles. The molecule has 0 aliphatic carbocycles. The molecule has 0 unspecified atom stereocenters. The summed E-state index contributed by atoms with van der Waals surface area (Å²) in [6.45, 7) is 4.56. The van der Waals surface area contributed by atoms with E-state index in [0.29, 0.717) is 35.2 Å². The van der Waals surface area contributed by atoms with Crippen LogP contribution in [0, 0.1) is 6.92 Å². The van der Waals surface area contributed by atoms with Crippen LogP contribution in [0.1, 0.15) is 41.6 Å². The van der Waals surface area contributed by atoms with Crippen molar-refractivity contribution in [2.24, 2.45) is 0 Å². The number of amides is 2. The largest absolute Gasteiger partial charge is 0.496 e. The van der Waals surface area contributed by atoms with Crippen molar-refractivity contribution in [3.05, 3.63) is 58.6 Å². The van der Waals surface area contributed by atoms with Crippen LogP contribution in [0.3, 0.4) is 0 Å². The van der Waals surface area contributed by atoms with E-state index in [1.165, 1.54) is 0 Å². The predicted octanol–water partition coefficient (Wildman–Crippen LogP) is 4.35. The third-order valence-corrected chi connectivity index (χ3v) is 7.11. The van der Waals surface area contributed by atoms with Crippen LogP contribution < -0.4 is 9.47 Å². The number of ether oxygens (including phenoxy) is 3. The Morgan fingerprint density at radius 1 is 1.06 bits per heavy atom. The molecule has 4 rings (SSSR count). The fraction of sp³-hybridized carbons (Fsp3) is 0.481. The molecule has 2 heterocycles. The number of para-hydroxylation sites is 1. The molecule has 0 radical (unpaired) electrons. The Kier molecular flexibility index (Phi) is 8.19. The van der Waals surface area contributed by atoms with E-state index in [1.807, 2.05) is 30.0 Å². The van der Waals surface area contributed by atoms with Crippen molar-refractivity contribution in [1.82, 2.24) is 9.80 Å². The van der Waals surface area contributed by atoms with Gasteiger partial charge in [-0.3, -0.25) is 9.59 Å². The number of carbonyl (C=O) groups excluding carboxylic acids is 2. The molecule has 0 N–H and O–H groups in total.